The van der Waals surface area contributed by atoms with Crippen molar-refractivity contribution in [1.82, 2.24) is 9.55 Å². The summed E-state index contributed by atoms with van der Waals surface area (Å²) < 4.78 is 3.91. The van der Waals surface area contributed by atoms with Gasteiger partial charge in [0.05, 0.1) is 11.0 Å². The van der Waals surface area contributed by atoms with E-state index < -0.39 is 0 Å². The van der Waals surface area contributed by atoms with Crippen LogP contribution in [0.25, 0.3) is 0 Å². The van der Waals surface area contributed by atoms with E-state index in [1.807, 2.05) is 6.07 Å². The lowest BCUT2D eigenvalue weighted by Gasteiger charge is -2.07. The van der Waals surface area contributed by atoms with Gasteiger partial charge in [-0.15, -0.1) is 0 Å². The van der Waals surface area contributed by atoms with Crippen LogP contribution in [0, 0.1) is 0 Å². The van der Waals surface area contributed by atoms with Gasteiger partial charge >= 0.3 is 0 Å². The average molecular weight is 423 g/mol. The highest BCUT2D eigenvalue weighted by molar-refractivity contribution is 9.11. The van der Waals surface area contributed by atoms with E-state index >= 15 is 0 Å². The Balaban J connectivity index is 2.40. The number of aromatic nitrogens is 2. The lowest BCUT2D eigenvalue weighted by molar-refractivity contribution is 0.748. The van der Waals surface area contributed by atoms with Crippen LogP contribution in [0.5, 0.6) is 0 Å². The van der Waals surface area contributed by atoms with Crippen molar-refractivity contribution in [2.75, 3.05) is 0 Å². The molecule has 0 unspecified atom stereocenters. The van der Waals surface area contributed by atoms with Gasteiger partial charge in [0.1, 0.15) is 0 Å². The van der Waals surface area contributed by atoms with Gasteiger partial charge in [-0.05, 0) is 65.5 Å². The zero-order chi connectivity index (χ0) is 12.4. The van der Waals surface area contributed by atoms with Gasteiger partial charge in [-0.3, -0.25) is 9.78 Å². The summed E-state index contributed by atoms with van der Waals surface area (Å²) in [5.74, 6) is 0. The molecule has 0 bridgehead atoms. The Hall–Kier alpha value is -0.460. The summed E-state index contributed by atoms with van der Waals surface area (Å²) in [6.45, 7) is 0.489. The molecule has 0 aliphatic rings. The first kappa shape index (κ1) is 13.0. The first-order valence-corrected chi connectivity index (χ1v) is 7.09. The SMILES string of the molecule is O=c1c(Br)cc(Br)cn1Cc1cncc(Br)c1. The molecule has 0 atom stereocenters. The van der Waals surface area contributed by atoms with Gasteiger partial charge in [-0.2, -0.15) is 0 Å². The van der Waals surface area contributed by atoms with Crippen LogP contribution in [0.15, 0.2) is 48.9 Å². The van der Waals surface area contributed by atoms with E-state index in [0.717, 1.165) is 14.5 Å². The van der Waals surface area contributed by atoms with Crippen LogP contribution >= 0.6 is 47.8 Å². The summed E-state index contributed by atoms with van der Waals surface area (Å²) in [6, 6.07) is 3.67. The lowest BCUT2D eigenvalue weighted by Crippen LogP contribution is -2.20. The molecular weight excluding hydrogens is 416 g/mol. The number of halogens is 3. The molecule has 0 fully saturated rings. The number of pyridine rings is 2. The topological polar surface area (TPSA) is 34.9 Å². The highest BCUT2D eigenvalue weighted by atomic mass is 79.9. The predicted octanol–water partition coefficient (Wildman–Crippen LogP) is 3.58. The standard InChI is InChI=1S/C11H7Br3N2O/c12-8-1-7(3-15-4-8)5-16-6-9(13)2-10(14)11(16)17/h1-4,6H,5H2. The van der Waals surface area contributed by atoms with Crippen molar-refractivity contribution in [1.29, 1.82) is 0 Å². The van der Waals surface area contributed by atoms with Crippen LogP contribution in [-0.4, -0.2) is 9.55 Å². The summed E-state index contributed by atoms with van der Waals surface area (Å²) >= 11 is 9.95. The normalized spacial score (nSPS) is 10.5. The Morgan fingerprint density at radius 3 is 2.59 bits per heavy atom. The zero-order valence-electron chi connectivity index (χ0n) is 8.53. The van der Waals surface area contributed by atoms with Gasteiger partial charge in [-0.25, -0.2) is 0 Å². The van der Waals surface area contributed by atoms with E-state index in [9.17, 15) is 4.79 Å². The molecular formula is C11H7Br3N2O. The van der Waals surface area contributed by atoms with Gasteiger partial charge in [0.25, 0.3) is 5.56 Å². The molecule has 17 heavy (non-hydrogen) atoms. The average Bonchev–Trinajstić information content (AvgIpc) is 2.25. The second kappa shape index (κ2) is 5.46. The molecule has 88 valence electrons. The summed E-state index contributed by atoms with van der Waals surface area (Å²) in [6.07, 6.45) is 5.21. The lowest BCUT2D eigenvalue weighted by atomic mass is 10.3. The fourth-order valence-electron chi connectivity index (χ4n) is 1.42. The number of hydrogen-bond donors (Lipinski definition) is 0. The molecule has 0 radical (unpaired) electrons. The van der Waals surface area contributed by atoms with Crippen LogP contribution in [0.4, 0.5) is 0 Å². The fraction of sp³-hybridized carbons (Fsp3) is 0.0909. The van der Waals surface area contributed by atoms with E-state index in [2.05, 4.69) is 52.8 Å². The van der Waals surface area contributed by atoms with E-state index in [0.29, 0.717) is 11.0 Å². The maximum absolute atomic E-state index is 11.9. The van der Waals surface area contributed by atoms with E-state index in [1.54, 1.807) is 29.2 Å². The van der Waals surface area contributed by atoms with Crippen molar-refractivity contribution in [3.8, 4) is 0 Å². The summed E-state index contributed by atoms with van der Waals surface area (Å²) in [7, 11) is 0. The molecule has 0 saturated heterocycles. The minimum Gasteiger partial charge on any atom is -0.309 e. The van der Waals surface area contributed by atoms with Gasteiger partial charge < -0.3 is 4.57 Å². The van der Waals surface area contributed by atoms with Gasteiger partial charge in [0.15, 0.2) is 0 Å². The van der Waals surface area contributed by atoms with Crippen LogP contribution < -0.4 is 5.56 Å². The van der Waals surface area contributed by atoms with E-state index in [1.165, 1.54) is 0 Å². The number of nitrogens with zero attached hydrogens (tertiary/aromatic N) is 2. The Bertz CT molecular complexity index is 610. The minimum absolute atomic E-state index is 0.0619. The molecule has 0 aliphatic carbocycles. The summed E-state index contributed by atoms with van der Waals surface area (Å²) in [4.78, 5) is 15.9. The number of hydrogen-bond acceptors (Lipinski definition) is 2. The predicted molar refractivity (Wildman–Crippen MR) is 77.1 cm³/mol. The minimum atomic E-state index is -0.0619. The summed E-state index contributed by atoms with van der Waals surface area (Å²) in [5, 5.41) is 0. The number of rotatable bonds is 2. The molecule has 0 amide bonds. The Kier molecular flexibility index (Phi) is 4.17. The third-order valence-corrected chi connectivity index (χ3v) is 3.56. The molecule has 2 aromatic rings. The molecule has 0 N–H and O–H groups in total. The van der Waals surface area contributed by atoms with Crippen LogP contribution in [0.1, 0.15) is 5.56 Å². The molecule has 2 heterocycles. The third-order valence-electron chi connectivity index (χ3n) is 2.12. The zero-order valence-corrected chi connectivity index (χ0v) is 13.3. The maximum Gasteiger partial charge on any atom is 0.265 e. The van der Waals surface area contributed by atoms with Crippen LogP contribution in [0.2, 0.25) is 0 Å². The molecule has 3 nitrogen and oxygen atoms in total. The van der Waals surface area contributed by atoms with Crippen molar-refractivity contribution < 1.29 is 0 Å². The first-order chi connectivity index (χ1) is 8.06. The van der Waals surface area contributed by atoms with Crippen molar-refractivity contribution in [3.05, 3.63) is 60.1 Å². The molecule has 0 aliphatic heterocycles. The Labute approximate surface area is 123 Å². The Morgan fingerprint density at radius 2 is 1.88 bits per heavy atom. The van der Waals surface area contributed by atoms with Crippen molar-refractivity contribution in [2.45, 2.75) is 6.54 Å². The van der Waals surface area contributed by atoms with Crippen LogP contribution in [0.3, 0.4) is 0 Å². The fourth-order valence-corrected chi connectivity index (χ4v) is 3.09. The van der Waals surface area contributed by atoms with Gasteiger partial charge in [-0.1, -0.05) is 0 Å². The third kappa shape index (κ3) is 3.26. The highest BCUT2D eigenvalue weighted by Crippen LogP contribution is 2.15. The van der Waals surface area contributed by atoms with E-state index in [4.69, 9.17) is 0 Å². The monoisotopic (exact) mass is 420 g/mol. The molecule has 0 aromatic carbocycles. The molecule has 0 saturated carbocycles. The highest BCUT2D eigenvalue weighted by Gasteiger charge is 2.04. The maximum atomic E-state index is 11.9. The second-order valence-electron chi connectivity index (χ2n) is 3.45. The van der Waals surface area contributed by atoms with E-state index in [-0.39, 0.29) is 5.56 Å². The molecule has 2 rings (SSSR count). The molecule has 6 heteroatoms. The van der Waals surface area contributed by atoms with Crippen LogP contribution in [-0.2, 0) is 6.54 Å². The largest absolute Gasteiger partial charge is 0.309 e. The first-order valence-electron chi connectivity index (χ1n) is 4.71. The van der Waals surface area contributed by atoms with Crippen molar-refractivity contribution >= 4 is 47.8 Å². The second-order valence-corrected chi connectivity index (χ2v) is 6.14. The smallest absolute Gasteiger partial charge is 0.265 e. The van der Waals surface area contributed by atoms with Crippen molar-refractivity contribution in [3.63, 3.8) is 0 Å². The van der Waals surface area contributed by atoms with Gasteiger partial charge in [0.2, 0.25) is 0 Å². The van der Waals surface area contributed by atoms with Crippen molar-refractivity contribution in [2.24, 2.45) is 0 Å². The molecule has 0 spiro atoms. The quantitative estimate of drug-likeness (QED) is 0.741. The molecule has 2 aromatic heterocycles. The Morgan fingerprint density at radius 1 is 1.12 bits per heavy atom. The summed E-state index contributed by atoms with van der Waals surface area (Å²) in [5.41, 5.74) is 0.902. The van der Waals surface area contributed by atoms with Gasteiger partial charge in [0, 0.05) is 27.5 Å².